The predicted molar refractivity (Wildman–Crippen MR) is 110 cm³/mol. The molecule has 0 aliphatic heterocycles. The molecule has 0 saturated carbocycles. The number of ether oxygens (including phenoxy) is 1. The van der Waals surface area contributed by atoms with Gasteiger partial charge in [-0.15, -0.1) is 0 Å². The van der Waals surface area contributed by atoms with Crippen LogP contribution >= 0.6 is 0 Å². The van der Waals surface area contributed by atoms with Crippen LogP contribution in [0, 0.1) is 0 Å². The first-order valence-corrected chi connectivity index (χ1v) is 10.7. The summed E-state index contributed by atoms with van der Waals surface area (Å²) >= 11 is 0. The van der Waals surface area contributed by atoms with E-state index in [2.05, 4.69) is 19.2 Å². The summed E-state index contributed by atoms with van der Waals surface area (Å²) in [5.74, 6) is -2.69. The zero-order chi connectivity index (χ0) is 21.6. The highest BCUT2D eigenvalue weighted by Crippen LogP contribution is 2.09. The molecule has 0 radical (unpaired) electrons. The maximum atomic E-state index is 11.9. The molecule has 0 aromatic carbocycles. The number of hydrogen-bond acceptors (Lipinski definition) is 5. The van der Waals surface area contributed by atoms with Crippen LogP contribution in [0.4, 0.5) is 0 Å². The Labute approximate surface area is 170 Å². The van der Waals surface area contributed by atoms with Crippen molar-refractivity contribution in [2.75, 3.05) is 13.2 Å². The van der Waals surface area contributed by atoms with Gasteiger partial charge in [0, 0.05) is 0 Å². The summed E-state index contributed by atoms with van der Waals surface area (Å²) in [6.45, 7) is 7.74. The fourth-order valence-electron chi connectivity index (χ4n) is 2.63. The lowest BCUT2D eigenvalue weighted by Gasteiger charge is -2.17. The van der Waals surface area contributed by atoms with Crippen LogP contribution in [0.1, 0.15) is 97.8 Å². The molecule has 0 amide bonds. The number of aliphatic carboxylic acids is 2. The minimum atomic E-state index is -1.31. The van der Waals surface area contributed by atoms with Crippen molar-refractivity contribution in [3.05, 3.63) is 0 Å². The van der Waals surface area contributed by atoms with Gasteiger partial charge in [0.05, 0.1) is 6.61 Å². The molecule has 0 fully saturated rings. The third-order valence-electron chi connectivity index (χ3n) is 4.14. The molecule has 28 heavy (non-hydrogen) atoms. The van der Waals surface area contributed by atoms with Gasteiger partial charge in [0.2, 0.25) is 0 Å². The van der Waals surface area contributed by atoms with Crippen LogP contribution in [0.5, 0.6) is 0 Å². The predicted octanol–water partition coefficient (Wildman–Crippen LogP) is 4.38. The fraction of sp³-hybridized carbons (Fsp3) is 0.857. The maximum absolute atomic E-state index is 11.9. The molecular weight excluding hydrogens is 362 g/mol. The third kappa shape index (κ3) is 22.4. The number of rotatable bonds is 17. The van der Waals surface area contributed by atoms with Crippen LogP contribution in [0.2, 0.25) is 0 Å². The smallest absolute Gasteiger partial charge is 0.323 e. The Morgan fingerprint density at radius 2 is 1.29 bits per heavy atom. The van der Waals surface area contributed by atoms with E-state index >= 15 is 0 Å². The lowest BCUT2D eigenvalue weighted by molar-refractivity contribution is -0.148. The normalized spacial score (nSPS) is 11.2. The molecule has 3 N–H and O–H groups in total. The molecule has 166 valence electrons. The molecule has 1 unspecified atom stereocenters. The Bertz CT molecular complexity index is 388. The van der Waals surface area contributed by atoms with E-state index in [4.69, 9.17) is 14.9 Å². The second-order valence-electron chi connectivity index (χ2n) is 6.84. The highest BCUT2D eigenvalue weighted by atomic mass is 16.5. The number of carbonyl (C=O) groups is 3. The Morgan fingerprint density at radius 1 is 0.786 bits per heavy atom. The lowest BCUT2D eigenvalue weighted by atomic mass is 10.1. The first-order valence-electron chi connectivity index (χ1n) is 10.7. The summed E-state index contributed by atoms with van der Waals surface area (Å²) in [5, 5.41) is 18.8. The Balaban J connectivity index is 0. The lowest BCUT2D eigenvalue weighted by Crippen LogP contribution is -2.38. The van der Waals surface area contributed by atoms with E-state index in [1.165, 1.54) is 51.4 Å². The second-order valence-corrected chi connectivity index (χ2v) is 6.84. The summed E-state index contributed by atoms with van der Waals surface area (Å²) in [6.07, 6.45) is 12.6. The van der Waals surface area contributed by atoms with Crippen molar-refractivity contribution in [1.29, 1.82) is 0 Å². The maximum Gasteiger partial charge on any atom is 0.323 e. The molecule has 7 heteroatoms. The van der Waals surface area contributed by atoms with Crippen molar-refractivity contribution < 1.29 is 29.3 Å². The van der Waals surface area contributed by atoms with Gasteiger partial charge in [-0.25, -0.2) is 0 Å². The van der Waals surface area contributed by atoms with E-state index in [1.807, 2.05) is 6.92 Å². The van der Waals surface area contributed by atoms with Crippen LogP contribution in [-0.4, -0.2) is 47.3 Å². The van der Waals surface area contributed by atoms with E-state index in [1.54, 1.807) is 0 Å². The summed E-state index contributed by atoms with van der Waals surface area (Å²) in [7, 11) is 0. The SMILES string of the molecule is CCCCCCCNC(CCCCCCC)C(=O)OCC.O=C(O)CC(=O)O. The summed E-state index contributed by atoms with van der Waals surface area (Å²) < 4.78 is 5.18. The van der Waals surface area contributed by atoms with Gasteiger partial charge in [0.15, 0.2) is 0 Å². The number of hydrogen-bond donors (Lipinski definition) is 3. The van der Waals surface area contributed by atoms with E-state index in [0.717, 1.165) is 25.8 Å². The average molecular weight is 404 g/mol. The Kier molecular flexibility index (Phi) is 22.1. The molecule has 0 rings (SSSR count). The van der Waals surface area contributed by atoms with Gasteiger partial charge in [-0.2, -0.15) is 0 Å². The third-order valence-corrected chi connectivity index (χ3v) is 4.14. The van der Waals surface area contributed by atoms with E-state index in [9.17, 15) is 14.4 Å². The summed E-state index contributed by atoms with van der Waals surface area (Å²) in [5.41, 5.74) is 0. The molecular formula is C21H41NO6. The van der Waals surface area contributed by atoms with Gasteiger partial charge in [-0.3, -0.25) is 14.4 Å². The molecule has 0 aromatic rings. The molecule has 0 aliphatic carbocycles. The number of unbranched alkanes of at least 4 members (excludes halogenated alkanes) is 8. The highest BCUT2D eigenvalue weighted by Gasteiger charge is 2.18. The first kappa shape index (κ1) is 28.6. The minimum Gasteiger partial charge on any atom is -0.481 e. The Morgan fingerprint density at radius 3 is 1.71 bits per heavy atom. The standard InChI is InChI=1S/C18H37NO2.C3H4O4/c1-4-7-9-11-13-15-17(18(20)21-6-3)19-16-14-12-10-8-5-2;4-2(5)1-3(6)7/h17,19H,4-16H2,1-3H3;1H2,(H,4,5)(H,6,7). The molecule has 0 aliphatic rings. The van der Waals surface area contributed by atoms with E-state index < -0.39 is 18.4 Å². The molecule has 0 heterocycles. The van der Waals surface area contributed by atoms with Crippen molar-refractivity contribution >= 4 is 17.9 Å². The minimum absolute atomic E-state index is 0.0680. The fourth-order valence-corrected chi connectivity index (χ4v) is 2.63. The number of nitrogens with one attached hydrogen (secondary N) is 1. The number of esters is 1. The molecule has 0 saturated heterocycles. The quantitative estimate of drug-likeness (QED) is 0.188. The molecule has 1 atom stereocenters. The van der Waals surface area contributed by atoms with Gasteiger partial charge in [0.1, 0.15) is 12.5 Å². The van der Waals surface area contributed by atoms with Crippen molar-refractivity contribution in [3.63, 3.8) is 0 Å². The average Bonchev–Trinajstić information content (AvgIpc) is 2.62. The molecule has 0 aromatic heterocycles. The number of carboxylic acids is 2. The van der Waals surface area contributed by atoms with Gasteiger partial charge in [-0.1, -0.05) is 71.6 Å². The molecule has 7 nitrogen and oxygen atoms in total. The van der Waals surface area contributed by atoms with Crippen LogP contribution in [0.3, 0.4) is 0 Å². The zero-order valence-corrected chi connectivity index (χ0v) is 18.0. The first-order chi connectivity index (χ1) is 13.4. The van der Waals surface area contributed by atoms with Crippen molar-refractivity contribution in [2.24, 2.45) is 0 Å². The van der Waals surface area contributed by atoms with Crippen LogP contribution in [0.25, 0.3) is 0 Å². The number of carbonyl (C=O) groups excluding carboxylic acids is 1. The second kappa shape index (κ2) is 21.7. The van der Waals surface area contributed by atoms with E-state index in [0.29, 0.717) is 6.61 Å². The van der Waals surface area contributed by atoms with Crippen molar-refractivity contribution in [1.82, 2.24) is 5.32 Å². The zero-order valence-electron chi connectivity index (χ0n) is 18.0. The topological polar surface area (TPSA) is 113 Å². The number of carboxylic acid groups (broad SMARTS) is 2. The largest absolute Gasteiger partial charge is 0.481 e. The van der Waals surface area contributed by atoms with Crippen LogP contribution in [-0.2, 0) is 19.1 Å². The van der Waals surface area contributed by atoms with Gasteiger partial charge < -0.3 is 20.3 Å². The van der Waals surface area contributed by atoms with Crippen LogP contribution < -0.4 is 5.32 Å². The highest BCUT2D eigenvalue weighted by molar-refractivity contribution is 5.88. The van der Waals surface area contributed by atoms with E-state index in [-0.39, 0.29) is 12.0 Å². The molecule has 0 spiro atoms. The van der Waals surface area contributed by atoms with Gasteiger partial charge >= 0.3 is 17.9 Å². The van der Waals surface area contributed by atoms with Gasteiger partial charge in [0.25, 0.3) is 0 Å². The van der Waals surface area contributed by atoms with Crippen LogP contribution in [0.15, 0.2) is 0 Å². The monoisotopic (exact) mass is 403 g/mol. The Hall–Kier alpha value is -1.63. The van der Waals surface area contributed by atoms with Crippen molar-refractivity contribution in [3.8, 4) is 0 Å². The van der Waals surface area contributed by atoms with Gasteiger partial charge in [-0.05, 0) is 26.3 Å². The summed E-state index contributed by atoms with van der Waals surface area (Å²) in [6, 6.07) is -0.0993. The molecule has 0 bridgehead atoms. The summed E-state index contributed by atoms with van der Waals surface area (Å²) in [4.78, 5) is 30.8. The van der Waals surface area contributed by atoms with Crippen molar-refractivity contribution in [2.45, 2.75) is 104 Å².